The van der Waals surface area contributed by atoms with Crippen molar-refractivity contribution in [3.63, 3.8) is 0 Å². The van der Waals surface area contributed by atoms with E-state index in [4.69, 9.17) is 4.74 Å². The summed E-state index contributed by atoms with van der Waals surface area (Å²) in [5.74, 6) is -0.110. The number of methoxy groups -OCH3 is 1. The van der Waals surface area contributed by atoms with Crippen LogP contribution < -0.4 is 10.1 Å². The van der Waals surface area contributed by atoms with Crippen LogP contribution in [0.15, 0.2) is 30.9 Å². The molecule has 1 rings (SSSR count). The highest BCUT2D eigenvalue weighted by atomic mass is 19.1. The predicted molar refractivity (Wildman–Crippen MR) is 51.6 cm³/mol. The third-order valence-electron chi connectivity index (χ3n) is 1.60. The maximum atomic E-state index is 13.1. The Balaban J connectivity index is 2.76. The molecule has 70 valence electrons. The smallest absolute Gasteiger partial charge is 0.167 e. The molecule has 0 fully saturated rings. The molecule has 0 aliphatic heterocycles. The second kappa shape index (κ2) is 4.50. The van der Waals surface area contributed by atoms with Crippen molar-refractivity contribution in [1.29, 1.82) is 0 Å². The van der Waals surface area contributed by atoms with Crippen LogP contribution in [0.4, 0.5) is 10.1 Å². The second-order valence-corrected chi connectivity index (χ2v) is 2.52. The van der Waals surface area contributed by atoms with Crippen LogP contribution in [0, 0.1) is 5.82 Å². The molecule has 0 radical (unpaired) electrons. The van der Waals surface area contributed by atoms with Crippen LogP contribution in [0.1, 0.15) is 0 Å². The van der Waals surface area contributed by atoms with E-state index in [0.29, 0.717) is 6.54 Å². The third kappa shape index (κ3) is 2.47. The number of hydrogen-bond acceptors (Lipinski definition) is 2. The van der Waals surface area contributed by atoms with E-state index in [-0.39, 0.29) is 11.6 Å². The molecule has 0 heterocycles. The van der Waals surface area contributed by atoms with Crippen molar-refractivity contribution >= 4 is 5.69 Å². The molecule has 0 atom stereocenters. The van der Waals surface area contributed by atoms with Crippen LogP contribution in [-0.2, 0) is 0 Å². The fourth-order valence-corrected chi connectivity index (χ4v) is 0.966. The Morgan fingerprint density at radius 1 is 1.62 bits per heavy atom. The van der Waals surface area contributed by atoms with Gasteiger partial charge in [0.05, 0.1) is 7.11 Å². The molecule has 0 spiro atoms. The molecule has 3 heteroatoms. The highest BCUT2D eigenvalue weighted by molar-refractivity contribution is 5.47. The van der Waals surface area contributed by atoms with Gasteiger partial charge in [-0.05, 0) is 12.1 Å². The van der Waals surface area contributed by atoms with Crippen molar-refractivity contribution in [2.75, 3.05) is 19.0 Å². The number of nitrogens with one attached hydrogen (secondary N) is 1. The van der Waals surface area contributed by atoms with E-state index in [1.807, 2.05) is 0 Å². The lowest BCUT2D eigenvalue weighted by molar-refractivity contribution is 0.386. The van der Waals surface area contributed by atoms with Gasteiger partial charge in [0.2, 0.25) is 0 Å². The highest BCUT2D eigenvalue weighted by Gasteiger charge is 2.01. The van der Waals surface area contributed by atoms with E-state index in [1.54, 1.807) is 18.2 Å². The lowest BCUT2D eigenvalue weighted by atomic mass is 10.3. The topological polar surface area (TPSA) is 21.3 Å². The first-order chi connectivity index (χ1) is 6.27. The minimum atomic E-state index is -0.364. The maximum Gasteiger partial charge on any atom is 0.167 e. The fraction of sp³-hybridized carbons (Fsp3) is 0.200. The van der Waals surface area contributed by atoms with Crippen LogP contribution >= 0.6 is 0 Å². The molecule has 0 unspecified atom stereocenters. The minimum absolute atomic E-state index is 0.254. The molecule has 0 aliphatic carbocycles. The van der Waals surface area contributed by atoms with Gasteiger partial charge in [0.1, 0.15) is 0 Å². The summed E-state index contributed by atoms with van der Waals surface area (Å²) >= 11 is 0. The molecule has 1 aromatic rings. The molecule has 13 heavy (non-hydrogen) atoms. The van der Waals surface area contributed by atoms with Crippen molar-refractivity contribution in [1.82, 2.24) is 0 Å². The Hall–Kier alpha value is -1.51. The monoisotopic (exact) mass is 181 g/mol. The Morgan fingerprint density at radius 3 is 2.92 bits per heavy atom. The minimum Gasteiger partial charge on any atom is -0.494 e. The van der Waals surface area contributed by atoms with Gasteiger partial charge < -0.3 is 10.1 Å². The summed E-state index contributed by atoms with van der Waals surface area (Å²) in [5.41, 5.74) is 0.721. The molecule has 0 amide bonds. The zero-order chi connectivity index (χ0) is 9.68. The first kappa shape index (κ1) is 9.58. The molecule has 0 bridgehead atoms. The van der Waals surface area contributed by atoms with E-state index in [1.165, 1.54) is 13.2 Å². The molecule has 0 saturated carbocycles. The Labute approximate surface area is 77.0 Å². The molecular formula is C10H12FNO. The van der Waals surface area contributed by atoms with Gasteiger partial charge in [0.15, 0.2) is 11.6 Å². The third-order valence-corrected chi connectivity index (χ3v) is 1.60. The summed E-state index contributed by atoms with van der Waals surface area (Å²) in [6, 6.07) is 4.73. The summed E-state index contributed by atoms with van der Waals surface area (Å²) < 4.78 is 17.9. The van der Waals surface area contributed by atoms with E-state index >= 15 is 0 Å². The zero-order valence-electron chi connectivity index (χ0n) is 7.51. The molecule has 0 saturated heterocycles. The number of anilines is 1. The van der Waals surface area contributed by atoms with Crippen LogP contribution in [0.5, 0.6) is 5.75 Å². The maximum absolute atomic E-state index is 13.1. The SMILES string of the molecule is C=CCNc1ccc(OC)c(F)c1. The molecule has 1 N–H and O–H groups in total. The largest absolute Gasteiger partial charge is 0.494 e. The van der Waals surface area contributed by atoms with Crippen LogP contribution in [0.2, 0.25) is 0 Å². The summed E-state index contributed by atoms with van der Waals surface area (Å²) in [6.45, 7) is 4.17. The number of hydrogen-bond donors (Lipinski definition) is 1. The molecular weight excluding hydrogens is 169 g/mol. The molecule has 1 aromatic carbocycles. The summed E-state index contributed by atoms with van der Waals surface area (Å²) in [5, 5.41) is 2.97. The van der Waals surface area contributed by atoms with Crippen molar-refractivity contribution < 1.29 is 9.13 Å². The quantitative estimate of drug-likeness (QED) is 0.720. The zero-order valence-corrected chi connectivity index (χ0v) is 7.51. The number of ether oxygens (including phenoxy) is 1. The van der Waals surface area contributed by atoms with Gasteiger partial charge in [-0.3, -0.25) is 0 Å². The van der Waals surface area contributed by atoms with E-state index < -0.39 is 0 Å². The standard InChI is InChI=1S/C10H12FNO/c1-3-6-12-8-4-5-10(13-2)9(11)7-8/h3-5,7,12H,1,6H2,2H3. The van der Waals surface area contributed by atoms with E-state index in [2.05, 4.69) is 11.9 Å². The predicted octanol–water partition coefficient (Wildman–Crippen LogP) is 2.43. The van der Waals surface area contributed by atoms with Gasteiger partial charge in [-0.2, -0.15) is 0 Å². The average Bonchev–Trinajstić information content (AvgIpc) is 2.15. The highest BCUT2D eigenvalue weighted by Crippen LogP contribution is 2.20. The van der Waals surface area contributed by atoms with E-state index in [9.17, 15) is 4.39 Å². The van der Waals surface area contributed by atoms with Gasteiger partial charge in [-0.25, -0.2) is 4.39 Å². The first-order valence-electron chi connectivity index (χ1n) is 3.96. The Bertz CT molecular complexity index is 299. The van der Waals surface area contributed by atoms with Crippen molar-refractivity contribution in [2.24, 2.45) is 0 Å². The van der Waals surface area contributed by atoms with Crippen LogP contribution in [-0.4, -0.2) is 13.7 Å². The lowest BCUT2D eigenvalue weighted by Gasteiger charge is -2.05. The van der Waals surface area contributed by atoms with Crippen molar-refractivity contribution in [3.05, 3.63) is 36.7 Å². The van der Waals surface area contributed by atoms with Crippen LogP contribution in [0.3, 0.4) is 0 Å². The van der Waals surface area contributed by atoms with Gasteiger partial charge in [0, 0.05) is 18.3 Å². The molecule has 0 aromatic heterocycles. The van der Waals surface area contributed by atoms with Gasteiger partial charge in [-0.15, -0.1) is 6.58 Å². The van der Waals surface area contributed by atoms with Gasteiger partial charge in [0.25, 0.3) is 0 Å². The lowest BCUT2D eigenvalue weighted by Crippen LogP contribution is -1.98. The Kier molecular flexibility index (Phi) is 3.31. The molecule has 2 nitrogen and oxygen atoms in total. The number of rotatable bonds is 4. The number of halogens is 1. The van der Waals surface area contributed by atoms with Crippen molar-refractivity contribution in [3.8, 4) is 5.75 Å². The van der Waals surface area contributed by atoms with Gasteiger partial charge in [-0.1, -0.05) is 6.08 Å². The van der Waals surface area contributed by atoms with Gasteiger partial charge >= 0.3 is 0 Å². The summed E-state index contributed by atoms with van der Waals surface area (Å²) in [4.78, 5) is 0. The normalized spacial score (nSPS) is 9.38. The second-order valence-electron chi connectivity index (χ2n) is 2.52. The Morgan fingerprint density at radius 2 is 2.38 bits per heavy atom. The number of benzene rings is 1. The fourth-order valence-electron chi connectivity index (χ4n) is 0.966. The summed E-state index contributed by atoms with van der Waals surface area (Å²) in [7, 11) is 1.44. The summed E-state index contributed by atoms with van der Waals surface area (Å²) in [6.07, 6.45) is 1.71. The van der Waals surface area contributed by atoms with E-state index in [0.717, 1.165) is 5.69 Å². The van der Waals surface area contributed by atoms with Crippen LogP contribution in [0.25, 0.3) is 0 Å². The first-order valence-corrected chi connectivity index (χ1v) is 3.96. The van der Waals surface area contributed by atoms with Crippen molar-refractivity contribution in [2.45, 2.75) is 0 Å². The average molecular weight is 181 g/mol. The molecule has 0 aliphatic rings.